The summed E-state index contributed by atoms with van der Waals surface area (Å²) in [6, 6.07) is 5.09. The molecular formula is C11H12N4O2. The first-order valence-corrected chi connectivity index (χ1v) is 5.14. The van der Waals surface area contributed by atoms with E-state index in [4.69, 9.17) is 10.8 Å². The third-order valence-electron chi connectivity index (χ3n) is 2.32. The van der Waals surface area contributed by atoms with Gasteiger partial charge < -0.3 is 10.8 Å². The van der Waals surface area contributed by atoms with Gasteiger partial charge in [-0.25, -0.2) is 4.79 Å². The van der Waals surface area contributed by atoms with Crippen molar-refractivity contribution in [2.45, 2.75) is 6.54 Å². The Bertz CT molecular complexity index is 522. The number of carbonyl (C=O) groups is 1. The van der Waals surface area contributed by atoms with E-state index in [2.05, 4.69) is 10.1 Å². The number of nitrogens with two attached hydrogens (primary N) is 1. The molecule has 2 aromatic heterocycles. The number of carboxylic acid groups (broad SMARTS) is 1. The van der Waals surface area contributed by atoms with Gasteiger partial charge in [0.05, 0.1) is 12.2 Å². The number of rotatable bonds is 4. The van der Waals surface area contributed by atoms with Crippen LogP contribution in [0.2, 0.25) is 0 Å². The summed E-state index contributed by atoms with van der Waals surface area (Å²) in [5, 5.41) is 13.3. The van der Waals surface area contributed by atoms with Crippen LogP contribution in [0, 0.1) is 0 Å². The molecule has 2 aromatic rings. The SMILES string of the molecule is NCCn1nc(-c2ccncc2)cc1C(=O)O. The first-order valence-electron chi connectivity index (χ1n) is 5.14. The Hall–Kier alpha value is -2.21. The number of aromatic carboxylic acids is 1. The Morgan fingerprint density at radius 1 is 1.41 bits per heavy atom. The number of hydrogen-bond acceptors (Lipinski definition) is 4. The molecule has 0 bridgehead atoms. The zero-order valence-corrected chi connectivity index (χ0v) is 9.08. The van der Waals surface area contributed by atoms with E-state index < -0.39 is 5.97 Å². The summed E-state index contributed by atoms with van der Waals surface area (Å²) < 4.78 is 1.40. The van der Waals surface area contributed by atoms with Crippen LogP contribution < -0.4 is 5.73 Å². The molecule has 2 heterocycles. The number of nitrogens with zero attached hydrogens (tertiary/aromatic N) is 3. The quantitative estimate of drug-likeness (QED) is 0.805. The summed E-state index contributed by atoms with van der Waals surface area (Å²) in [7, 11) is 0. The van der Waals surface area contributed by atoms with Gasteiger partial charge in [-0.15, -0.1) is 0 Å². The van der Waals surface area contributed by atoms with Crippen LogP contribution in [0.5, 0.6) is 0 Å². The van der Waals surface area contributed by atoms with Gasteiger partial charge in [-0.2, -0.15) is 5.10 Å². The van der Waals surface area contributed by atoms with Crippen molar-refractivity contribution in [3.05, 3.63) is 36.3 Å². The minimum absolute atomic E-state index is 0.141. The van der Waals surface area contributed by atoms with E-state index >= 15 is 0 Å². The lowest BCUT2D eigenvalue weighted by atomic mass is 10.2. The predicted molar refractivity (Wildman–Crippen MR) is 61.5 cm³/mol. The second-order valence-corrected chi connectivity index (χ2v) is 3.47. The Balaban J connectivity index is 2.44. The normalized spacial score (nSPS) is 10.4. The molecular weight excluding hydrogens is 220 g/mol. The predicted octanol–water partition coefficient (Wildman–Crippen LogP) is 0.602. The summed E-state index contributed by atoms with van der Waals surface area (Å²) in [6.07, 6.45) is 3.27. The van der Waals surface area contributed by atoms with Gasteiger partial charge in [-0.1, -0.05) is 0 Å². The minimum Gasteiger partial charge on any atom is -0.477 e. The van der Waals surface area contributed by atoms with Crippen LogP contribution in [0.15, 0.2) is 30.6 Å². The molecule has 0 radical (unpaired) electrons. The Morgan fingerprint density at radius 2 is 2.12 bits per heavy atom. The molecule has 0 saturated heterocycles. The summed E-state index contributed by atoms with van der Waals surface area (Å²) in [5.74, 6) is -1.01. The number of carboxylic acids is 1. The van der Waals surface area contributed by atoms with Crippen LogP contribution in [-0.2, 0) is 6.54 Å². The molecule has 0 aliphatic heterocycles. The second-order valence-electron chi connectivity index (χ2n) is 3.47. The third kappa shape index (κ3) is 2.31. The maximum Gasteiger partial charge on any atom is 0.354 e. The summed E-state index contributed by atoms with van der Waals surface area (Å²) >= 11 is 0. The molecule has 88 valence electrons. The molecule has 2 rings (SSSR count). The third-order valence-corrected chi connectivity index (χ3v) is 2.32. The van der Waals surface area contributed by atoms with E-state index in [0.29, 0.717) is 18.8 Å². The maximum atomic E-state index is 11.0. The van der Waals surface area contributed by atoms with Crippen LogP contribution in [0.1, 0.15) is 10.5 Å². The highest BCUT2D eigenvalue weighted by Gasteiger charge is 2.14. The summed E-state index contributed by atoms with van der Waals surface area (Å²) in [6.45, 7) is 0.727. The largest absolute Gasteiger partial charge is 0.477 e. The van der Waals surface area contributed by atoms with E-state index in [1.54, 1.807) is 24.5 Å². The standard InChI is InChI=1S/C11H12N4O2/c12-3-6-15-10(11(16)17)7-9(14-15)8-1-4-13-5-2-8/h1-2,4-5,7H,3,6,12H2,(H,16,17). The fraction of sp³-hybridized carbons (Fsp3) is 0.182. The molecule has 0 fully saturated rings. The summed E-state index contributed by atoms with van der Waals surface area (Å²) in [5.41, 5.74) is 7.00. The number of aromatic nitrogens is 3. The van der Waals surface area contributed by atoms with Gasteiger partial charge in [0, 0.05) is 24.5 Å². The van der Waals surface area contributed by atoms with Gasteiger partial charge in [-0.05, 0) is 18.2 Å². The van der Waals surface area contributed by atoms with Crippen molar-refractivity contribution in [2.24, 2.45) is 5.73 Å². The van der Waals surface area contributed by atoms with E-state index in [1.807, 2.05) is 0 Å². The van der Waals surface area contributed by atoms with E-state index in [-0.39, 0.29) is 5.69 Å². The van der Waals surface area contributed by atoms with Crippen LogP contribution in [0.4, 0.5) is 0 Å². The van der Waals surface area contributed by atoms with Gasteiger partial charge in [0.25, 0.3) is 0 Å². The molecule has 0 unspecified atom stereocenters. The molecule has 0 amide bonds. The fourth-order valence-corrected chi connectivity index (χ4v) is 1.55. The van der Waals surface area contributed by atoms with Crippen molar-refractivity contribution in [3.8, 4) is 11.3 Å². The zero-order chi connectivity index (χ0) is 12.3. The van der Waals surface area contributed by atoms with Gasteiger partial charge in [0.2, 0.25) is 0 Å². The topological polar surface area (TPSA) is 94.0 Å². The Labute approximate surface area is 97.7 Å². The van der Waals surface area contributed by atoms with Crippen molar-refractivity contribution in [2.75, 3.05) is 6.54 Å². The molecule has 0 aliphatic carbocycles. The molecule has 0 atom stereocenters. The molecule has 0 saturated carbocycles. The number of hydrogen-bond donors (Lipinski definition) is 2. The number of pyridine rings is 1. The van der Waals surface area contributed by atoms with Crippen molar-refractivity contribution < 1.29 is 9.90 Å². The smallest absolute Gasteiger partial charge is 0.354 e. The van der Waals surface area contributed by atoms with E-state index in [0.717, 1.165) is 5.56 Å². The molecule has 0 aromatic carbocycles. The highest BCUT2D eigenvalue weighted by atomic mass is 16.4. The van der Waals surface area contributed by atoms with E-state index in [1.165, 1.54) is 10.7 Å². The highest BCUT2D eigenvalue weighted by Crippen LogP contribution is 2.18. The van der Waals surface area contributed by atoms with Gasteiger partial charge >= 0.3 is 5.97 Å². The molecule has 0 spiro atoms. The minimum atomic E-state index is -1.01. The maximum absolute atomic E-state index is 11.0. The molecule has 6 nitrogen and oxygen atoms in total. The van der Waals surface area contributed by atoms with Crippen molar-refractivity contribution in [1.82, 2.24) is 14.8 Å². The van der Waals surface area contributed by atoms with Crippen molar-refractivity contribution in [1.29, 1.82) is 0 Å². The van der Waals surface area contributed by atoms with Crippen molar-refractivity contribution in [3.63, 3.8) is 0 Å². The Kier molecular flexibility index (Phi) is 3.15. The molecule has 3 N–H and O–H groups in total. The lowest BCUT2D eigenvalue weighted by Crippen LogP contribution is -2.16. The van der Waals surface area contributed by atoms with Gasteiger partial charge in [0.15, 0.2) is 0 Å². The van der Waals surface area contributed by atoms with Crippen LogP contribution >= 0.6 is 0 Å². The van der Waals surface area contributed by atoms with Gasteiger partial charge in [0.1, 0.15) is 5.69 Å². The van der Waals surface area contributed by atoms with Gasteiger partial charge in [-0.3, -0.25) is 9.67 Å². The molecule has 0 aliphatic rings. The average Bonchev–Trinajstić information content (AvgIpc) is 2.75. The first kappa shape index (κ1) is 11.3. The summed E-state index contributed by atoms with van der Waals surface area (Å²) in [4.78, 5) is 14.9. The average molecular weight is 232 g/mol. The highest BCUT2D eigenvalue weighted by molar-refractivity contribution is 5.87. The lowest BCUT2D eigenvalue weighted by Gasteiger charge is -2.00. The lowest BCUT2D eigenvalue weighted by molar-refractivity contribution is 0.0683. The van der Waals surface area contributed by atoms with E-state index in [9.17, 15) is 4.79 Å². The first-order chi connectivity index (χ1) is 8.22. The molecule has 17 heavy (non-hydrogen) atoms. The van der Waals surface area contributed by atoms with Crippen molar-refractivity contribution >= 4 is 5.97 Å². The second kappa shape index (κ2) is 4.75. The van der Waals surface area contributed by atoms with Crippen LogP contribution in [0.25, 0.3) is 11.3 Å². The van der Waals surface area contributed by atoms with Crippen LogP contribution in [0.3, 0.4) is 0 Å². The monoisotopic (exact) mass is 232 g/mol. The molecule has 6 heteroatoms. The van der Waals surface area contributed by atoms with Crippen LogP contribution in [-0.4, -0.2) is 32.4 Å². The Morgan fingerprint density at radius 3 is 2.71 bits per heavy atom. The fourth-order valence-electron chi connectivity index (χ4n) is 1.55. The zero-order valence-electron chi connectivity index (χ0n) is 9.08.